The summed E-state index contributed by atoms with van der Waals surface area (Å²) in [5.74, 6) is 1.05. The number of nitrogens with two attached hydrogens (primary N) is 1. The van der Waals surface area contributed by atoms with Gasteiger partial charge in [-0.05, 0) is 49.1 Å². The molecule has 0 saturated heterocycles. The highest BCUT2D eigenvalue weighted by atomic mass is 15.2. The first-order valence-electron chi connectivity index (χ1n) is 6.73. The van der Waals surface area contributed by atoms with Gasteiger partial charge >= 0.3 is 0 Å². The maximum atomic E-state index is 5.67. The van der Waals surface area contributed by atoms with Crippen LogP contribution in [-0.2, 0) is 13.0 Å². The average molecular weight is 253 g/mol. The van der Waals surface area contributed by atoms with E-state index >= 15 is 0 Å². The minimum Gasteiger partial charge on any atom is -0.326 e. The second-order valence-corrected chi connectivity index (χ2v) is 5.24. The van der Waals surface area contributed by atoms with Crippen LogP contribution in [0, 0.1) is 6.92 Å². The minimum atomic E-state index is 0.451. The van der Waals surface area contributed by atoms with Gasteiger partial charge in [0.2, 0.25) is 0 Å². The Bertz CT molecular complexity index is 607. The van der Waals surface area contributed by atoms with Gasteiger partial charge in [0.05, 0.1) is 0 Å². The Balaban J connectivity index is 2.07. The van der Waals surface area contributed by atoms with Crippen molar-refractivity contribution in [1.29, 1.82) is 0 Å². The number of aryl methyl sites for hydroxylation is 1. The first-order valence-corrected chi connectivity index (χ1v) is 6.73. The largest absolute Gasteiger partial charge is 0.326 e. The van der Waals surface area contributed by atoms with Gasteiger partial charge in [0.1, 0.15) is 5.82 Å². The first kappa shape index (κ1) is 12.2. The molecule has 0 radical (unpaired) electrons. The number of fused-ring (bicyclic) bond motifs is 1. The number of benzene rings is 1. The second-order valence-electron chi connectivity index (χ2n) is 5.24. The van der Waals surface area contributed by atoms with E-state index in [-0.39, 0.29) is 0 Å². The Morgan fingerprint density at radius 3 is 2.89 bits per heavy atom. The molecule has 1 aromatic heterocycles. The van der Waals surface area contributed by atoms with Gasteiger partial charge in [-0.3, -0.25) is 0 Å². The number of anilines is 2. The summed E-state index contributed by atoms with van der Waals surface area (Å²) < 4.78 is 0. The normalized spacial score (nSPS) is 17.6. The second kappa shape index (κ2) is 4.67. The van der Waals surface area contributed by atoms with Crippen LogP contribution in [0.2, 0.25) is 0 Å². The fraction of sp³-hybridized carbons (Fsp3) is 0.312. The zero-order valence-electron chi connectivity index (χ0n) is 11.4. The average Bonchev–Trinajstić information content (AvgIpc) is 2.75. The topological polar surface area (TPSA) is 42.1 Å². The highest BCUT2D eigenvalue weighted by Gasteiger charge is 2.28. The predicted octanol–water partition coefficient (Wildman–Crippen LogP) is 2.93. The third-order valence-corrected chi connectivity index (χ3v) is 3.78. The van der Waals surface area contributed by atoms with E-state index in [4.69, 9.17) is 5.73 Å². The molecule has 0 spiro atoms. The van der Waals surface area contributed by atoms with E-state index in [1.807, 2.05) is 6.20 Å². The number of rotatable bonds is 2. The summed E-state index contributed by atoms with van der Waals surface area (Å²) in [6, 6.07) is 11.2. The molecule has 1 aliphatic heterocycles. The van der Waals surface area contributed by atoms with Crippen LogP contribution in [0.3, 0.4) is 0 Å². The molecule has 0 amide bonds. The predicted molar refractivity (Wildman–Crippen MR) is 78.6 cm³/mol. The van der Waals surface area contributed by atoms with Crippen LogP contribution >= 0.6 is 0 Å². The van der Waals surface area contributed by atoms with Crippen LogP contribution in [0.1, 0.15) is 23.6 Å². The summed E-state index contributed by atoms with van der Waals surface area (Å²) in [6.07, 6.45) is 2.96. The van der Waals surface area contributed by atoms with Crippen molar-refractivity contribution in [1.82, 2.24) is 4.98 Å². The van der Waals surface area contributed by atoms with Crippen LogP contribution < -0.4 is 10.6 Å². The Labute approximate surface area is 114 Å². The van der Waals surface area contributed by atoms with Gasteiger partial charge < -0.3 is 10.6 Å². The van der Waals surface area contributed by atoms with Gasteiger partial charge in [0.15, 0.2) is 0 Å². The van der Waals surface area contributed by atoms with Gasteiger partial charge in [-0.2, -0.15) is 0 Å². The molecule has 0 aliphatic carbocycles. The lowest BCUT2D eigenvalue weighted by Gasteiger charge is -2.25. The summed E-state index contributed by atoms with van der Waals surface area (Å²) in [4.78, 5) is 6.96. The van der Waals surface area contributed by atoms with Crippen molar-refractivity contribution in [3.8, 4) is 0 Å². The maximum absolute atomic E-state index is 5.67. The van der Waals surface area contributed by atoms with E-state index in [0.717, 1.165) is 17.8 Å². The molecule has 2 N–H and O–H groups in total. The van der Waals surface area contributed by atoms with E-state index in [0.29, 0.717) is 12.6 Å². The molecular weight excluding hydrogens is 234 g/mol. The highest BCUT2D eigenvalue weighted by molar-refractivity contribution is 5.70. The van der Waals surface area contributed by atoms with Gasteiger partial charge in [0, 0.05) is 24.5 Å². The maximum Gasteiger partial charge on any atom is 0.136 e. The number of pyridine rings is 1. The summed E-state index contributed by atoms with van der Waals surface area (Å²) in [7, 11) is 0. The molecule has 2 aromatic rings. The molecule has 1 unspecified atom stereocenters. The van der Waals surface area contributed by atoms with E-state index in [1.54, 1.807) is 0 Å². The molecule has 0 bridgehead atoms. The van der Waals surface area contributed by atoms with E-state index in [1.165, 1.54) is 16.8 Å². The van der Waals surface area contributed by atoms with Gasteiger partial charge in [0.25, 0.3) is 0 Å². The van der Waals surface area contributed by atoms with Gasteiger partial charge in [-0.1, -0.05) is 18.2 Å². The van der Waals surface area contributed by atoms with Crippen molar-refractivity contribution in [3.05, 3.63) is 53.2 Å². The zero-order valence-corrected chi connectivity index (χ0v) is 11.4. The van der Waals surface area contributed by atoms with Gasteiger partial charge in [-0.15, -0.1) is 0 Å². The van der Waals surface area contributed by atoms with Crippen LogP contribution in [0.15, 0.2) is 36.5 Å². The van der Waals surface area contributed by atoms with E-state index in [9.17, 15) is 0 Å². The lowest BCUT2D eigenvalue weighted by molar-refractivity contribution is 0.747. The molecule has 0 saturated carbocycles. The number of nitrogens with zero attached hydrogens (tertiary/aromatic N) is 2. The smallest absolute Gasteiger partial charge is 0.136 e. The SMILES string of the molecule is Cc1cc(CN)cnc1N1c2ccccc2CC1C. The molecule has 1 aromatic carbocycles. The zero-order chi connectivity index (χ0) is 13.4. The fourth-order valence-electron chi connectivity index (χ4n) is 2.88. The lowest BCUT2D eigenvalue weighted by atomic mass is 10.1. The molecule has 1 atom stereocenters. The molecule has 0 fully saturated rings. The Morgan fingerprint density at radius 2 is 2.16 bits per heavy atom. The summed E-state index contributed by atoms with van der Waals surface area (Å²) >= 11 is 0. The number of hydrogen-bond acceptors (Lipinski definition) is 3. The lowest BCUT2D eigenvalue weighted by Crippen LogP contribution is -2.25. The molecule has 98 valence electrons. The van der Waals surface area contributed by atoms with Crippen molar-refractivity contribution < 1.29 is 0 Å². The number of aromatic nitrogens is 1. The quantitative estimate of drug-likeness (QED) is 0.894. The number of para-hydroxylation sites is 1. The van der Waals surface area contributed by atoms with Crippen LogP contribution in [-0.4, -0.2) is 11.0 Å². The van der Waals surface area contributed by atoms with Crippen molar-refractivity contribution >= 4 is 11.5 Å². The van der Waals surface area contributed by atoms with Crippen LogP contribution in [0.25, 0.3) is 0 Å². The highest BCUT2D eigenvalue weighted by Crippen LogP contribution is 2.38. The Kier molecular flexibility index (Phi) is 2.99. The van der Waals surface area contributed by atoms with Crippen molar-refractivity contribution in [2.24, 2.45) is 5.73 Å². The van der Waals surface area contributed by atoms with Gasteiger partial charge in [-0.25, -0.2) is 4.98 Å². The summed E-state index contributed by atoms with van der Waals surface area (Å²) in [6.45, 7) is 4.90. The van der Waals surface area contributed by atoms with Crippen LogP contribution in [0.4, 0.5) is 11.5 Å². The van der Waals surface area contributed by atoms with E-state index < -0.39 is 0 Å². The summed E-state index contributed by atoms with van der Waals surface area (Å²) in [5.41, 5.74) is 10.6. The van der Waals surface area contributed by atoms with Crippen molar-refractivity contribution in [2.45, 2.75) is 32.9 Å². The molecule has 19 heavy (non-hydrogen) atoms. The third-order valence-electron chi connectivity index (χ3n) is 3.78. The van der Waals surface area contributed by atoms with Crippen molar-refractivity contribution in [3.63, 3.8) is 0 Å². The molecule has 3 rings (SSSR count). The molecule has 1 aliphatic rings. The molecule has 3 nitrogen and oxygen atoms in total. The van der Waals surface area contributed by atoms with Crippen molar-refractivity contribution in [2.75, 3.05) is 4.90 Å². The van der Waals surface area contributed by atoms with Crippen LogP contribution in [0.5, 0.6) is 0 Å². The molecule has 2 heterocycles. The number of hydrogen-bond donors (Lipinski definition) is 1. The third kappa shape index (κ3) is 2.00. The molecule has 3 heteroatoms. The summed E-state index contributed by atoms with van der Waals surface area (Å²) in [5, 5.41) is 0. The Hall–Kier alpha value is -1.87. The standard InChI is InChI=1S/C16H19N3/c1-11-7-13(9-17)10-18-16(11)19-12(2)8-14-5-3-4-6-15(14)19/h3-7,10,12H,8-9,17H2,1-2H3. The Morgan fingerprint density at radius 1 is 1.37 bits per heavy atom. The molecular formula is C16H19N3. The van der Waals surface area contributed by atoms with E-state index in [2.05, 4.69) is 54.1 Å². The minimum absolute atomic E-state index is 0.451. The first-order chi connectivity index (χ1) is 9.20. The fourth-order valence-corrected chi connectivity index (χ4v) is 2.88. The monoisotopic (exact) mass is 253 g/mol.